The Balaban J connectivity index is 1.95. The van der Waals surface area contributed by atoms with Gasteiger partial charge in [-0.2, -0.15) is 0 Å². The van der Waals surface area contributed by atoms with E-state index in [9.17, 15) is 4.79 Å². The van der Waals surface area contributed by atoms with Gasteiger partial charge in [0, 0.05) is 35.5 Å². The summed E-state index contributed by atoms with van der Waals surface area (Å²) >= 11 is 0. The summed E-state index contributed by atoms with van der Waals surface area (Å²) in [4.78, 5) is 19.6. The number of benzene rings is 1. The molecule has 104 valence electrons. The van der Waals surface area contributed by atoms with E-state index in [-0.39, 0.29) is 5.91 Å². The summed E-state index contributed by atoms with van der Waals surface area (Å²) < 4.78 is 0. The van der Waals surface area contributed by atoms with Crippen LogP contribution in [0.4, 0.5) is 5.69 Å². The molecule has 1 amide bonds. The Kier molecular flexibility index (Phi) is 3.51. The van der Waals surface area contributed by atoms with Crippen molar-refractivity contribution >= 4 is 11.6 Å². The van der Waals surface area contributed by atoms with Crippen LogP contribution in [0.2, 0.25) is 0 Å². The smallest absolute Gasteiger partial charge is 0.258 e. The lowest BCUT2D eigenvalue weighted by molar-refractivity contribution is 0.102. The van der Waals surface area contributed by atoms with Gasteiger partial charge in [0.2, 0.25) is 0 Å². The number of anilines is 1. The van der Waals surface area contributed by atoms with E-state index < -0.39 is 0 Å². The van der Waals surface area contributed by atoms with Gasteiger partial charge in [-0.1, -0.05) is 30.3 Å². The number of carbonyl (C=O) groups is 1. The highest BCUT2D eigenvalue weighted by Crippen LogP contribution is 2.26. The van der Waals surface area contributed by atoms with E-state index in [2.05, 4.69) is 15.3 Å². The molecule has 0 atom stereocenters. The average molecular weight is 277 g/mol. The molecule has 1 aromatic carbocycles. The van der Waals surface area contributed by atoms with Crippen molar-refractivity contribution in [3.8, 4) is 11.1 Å². The first-order valence-corrected chi connectivity index (χ1v) is 6.70. The van der Waals surface area contributed by atoms with Crippen LogP contribution in [0.3, 0.4) is 0 Å². The molecule has 0 aliphatic rings. The molecular formula is C17H15N3O. The number of rotatable bonds is 3. The topological polar surface area (TPSA) is 57.8 Å². The third-order valence-corrected chi connectivity index (χ3v) is 3.33. The molecule has 4 heteroatoms. The number of aromatic nitrogens is 2. The first-order chi connectivity index (χ1) is 10.3. The van der Waals surface area contributed by atoms with E-state index in [4.69, 9.17) is 0 Å². The molecule has 21 heavy (non-hydrogen) atoms. The van der Waals surface area contributed by atoms with Crippen LogP contribution in [0.1, 0.15) is 16.1 Å². The van der Waals surface area contributed by atoms with E-state index in [1.54, 1.807) is 24.5 Å². The monoisotopic (exact) mass is 277 g/mol. The van der Waals surface area contributed by atoms with Crippen LogP contribution < -0.4 is 5.32 Å². The van der Waals surface area contributed by atoms with Gasteiger partial charge < -0.3 is 10.3 Å². The van der Waals surface area contributed by atoms with Gasteiger partial charge in [0.05, 0.1) is 5.56 Å². The number of H-pyrrole nitrogens is 1. The Morgan fingerprint density at radius 3 is 2.52 bits per heavy atom. The number of aryl methyl sites for hydroxylation is 1. The summed E-state index contributed by atoms with van der Waals surface area (Å²) in [7, 11) is 0. The summed E-state index contributed by atoms with van der Waals surface area (Å²) in [6.07, 6.45) is 5.17. The molecule has 0 aliphatic carbocycles. The van der Waals surface area contributed by atoms with Crippen molar-refractivity contribution in [2.24, 2.45) is 0 Å². The molecule has 0 saturated carbocycles. The Morgan fingerprint density at radius 2 is 1.81 bits per heavy atom. The molecule has 0 saturated heterocycles. The molecule has 2 N–H and O–H groups in total. The number of hydrogen-bond donors (Lipinski definition) is 2. The van der Waals surface area contributed by atoms with Gasteiger partial charge in [-0.15, -0.1) is 0 Å². The Bertz CT molecular complexity index is 748. The van der Waals surface area contributed by atoms with E-state index in [1.165, 1.54) is 0 Å². The first kappa shape index (κ1) is 13.1. The molecule has 3 aromatic rings. The van der Waals surface area contributed by atoms with Gasteiger partial charge in [0.1, 0.15) is 0 Å². The summed E-state index contributed by atoms with van der Waals surface area (Å²) in [5, 5.41) is 2.90. The number of amides is 1. The van der Waals surface area contributed by atoms with Crippen LogP contribution >= 0.6 is 0 Å². The van der Waals surface area contributed by atoms with Crippen LogP contribution in [0.5, 0.6) is 0 Å². The molecule has 3 rings (SSSR count). The highest BCUT2D eigenvalue weighted by atomic mass is 16.1. The number of nitrogens with zero attached hydrogens (tertiary/aromatic N) is 1. The van der Waals surface area contributed by atoms with E-state index >= 15 is 0 Å². The van der Waals surface area contributed by atoms with Crippen LogP contribution in [0.15, 0.2) is 61.1 Å². The molecule has 0 spiro atoms. The Morgan fingerprint density at radius 1 is 1.10 bits per heavy atom. The zero-order valence-electron chi connectivity index (χ0n) is 11.6. The minimum Gasteiger partial charge on any atom is -0.364 e. The fraction of sp³-hybridized carbons (Fsp3) is 0.0588. The van der Waals surface area contributed by atoms with Crippen molar-refractivity contribution < 1.29 is 4.79 Å². The predicted molar refractivity (Wildman–Crippen MR) is 83.2 cm³/mol. The van der Waals surface area contributed by atoms with Crippen molar-refractivity contribution in [3.63, 3.8) is 0 Å². The lowest BCUT2D eigenvalue weighted by Crippen LogP contribution is -2.13. The second-order valence-electron chi connectivity index (χ2n) is 4.76. The fourth-order valence-electron chi connectivity index (χ4n) is 2.29. The van der Waals surface area contributed by atoms with Crippen LogP contribution in [-0.2, 0) is 0 Å². The minimum atomic E-state index is -0.126. The largest absolute Gasteiger partial charge is 0.364 e. The maximum absolute atomic E-state index is 12.5. The number of hydrogen-bond acceptors (Lipinski definition) is 2. The van der Waals surface area contributed by atoms with Gasteiger partial charge in [-0.25, -0.2) is 0 Å². The van der Waals surface area contributed by atoms with Crippen molar-refractivity contribution in [2.45, 2.75) is 6.92 Å². The third kappa shape index (κ3) is 2.69. The number of pyridine rings is 1. The van der Waals surface area contributed by atoms with E-state index in [0.29, 0.717) is 5.56 Å². The van der Waals surface area contributed by atoms with Gasteiger partial charge >= 0.3 is 0 Å². The molecule has 2 aromatic heterocycles. The van der Waals surface area contributed by atoms with Gasteiger partial charge in [-0.3, -0.25) is 9.78 Å². The van der Waals surface area contributed by atoms with Crippen LogP contribution in [-0.4, -0.2) is 15.9 Å². The number of carbonyl (C=O) groups excluding carboxylic acids is 1. The fourth-order valence-corrected chi connectivity index (χ4v) is 2.29. The molecule has 0 aliphatic heterocycles. The molecular weight excluding hydrogens is 262 g/mol. The lowest BCUT2D eigenvalue weighted by atomic mass is 10.0. The Labute approximate surface area is 122 Å². The second-order valence-corrected chi connectivity index (χ2v) is 4.76. The van der Waals surface area contributed by atoms with Gasteiger partial charge in [0.25, 0.3) is 5.91 Å². The zero-order valence-corrected chi connectivity index (χ0v) is 11.6. The SMILES string of the molecule is Cc1[nH]cc(-c2ccccc2)c1C(=O)Nc1ccncc1. The first-order valence-electron chi connectivity index (χ1n) is 6.70. The quantitative estimate of drug-likeness (QED) is 0.768. The normalized spacial score (nSPS) is 10.3. The standard InChI is InChI=1S/C17H15N3O/c1-12-16(17(21)20-14-7-9-18-10-8-14)15(11-19-12)13-5-3-2-4-6-13/h2-11,19H,1H3,(H,18,20,21). The predicted octanol–water partition coefficient (Wildman–Crippen LogP) is 3.64. The minimum absolute atomic E-state index is 0.126. The lowest BCUT2D eigenvalue weighted by Gasteiger charge is -2.07. The maximum atomic E-state index is 12.5. The maximum Gasteiger partial charge on any atom is 0.258 e. The average Bonchev–Trinajstić information content (AvgIpc) is 2.91. The summed E-state index contributed by atoms with van der Waals surface area (Å²) in [6, 6.07) is 13.4. The molecule has 0 bridgehead atoms. The molecule has 4 nitrogen and oxygen atoms in total. The molecule has 0 fully saturated rings. The van der Waals surface area contributed by atoms with Gasteiger partial charge in [-0.05, 0) is 24.6 Å². The van der Waals surface area contributed by atoms with Crippen molar-refractivity contribution in [1.29, 1.82) is 0 Å². The van der Waals surface area contributed by atoms with Gasteiger partial charge in [0.15, 0.2) is 0 Å². The third-order valence-electron chi connectivity index (χ3n) is 3.33. The molecule has 2 heterocycles. The van der Waals surface area contributed by atoms with Crippen molar-refractivity contribution in [2.75, 3.05) is 5.32 Å². The second kappa shape index (κ2) is 5.63. The zero-order chi connectivity index (χ0) is 14.7. The molecule has 0 unspecified atom stereocenters. The Hall–Kier alpha value is -2.88. The molecule has 0 radical (unpaired) electrons. The highest BCUT2D eigenvalue weighted by molar-refractivity contribution is 6.09. The van der Waals surface area contributed by atoms with Crippen LogP contribution in [0, 0.1) is 6.92 Å². The van der Waals surface area contributed by atoms with E-state index in [0.717, 1.165) is 22.5 Å². The summed E-state index contributed by atoms with van der Waals surface area (Å²) in [6.45, 7) is 1.90. The number of nitrogens with one attached hydrogen (secondary N) is 2. The van der Waals surface area contributed by atoms with Crippen molar-refractivity contribution in [1.82, 2.24) is 9.97 Å². The van der Waals surface area contributed by atoms with Crippen LogP contribution in [0.25, 0.3) is 11.1 Å². The van der Waals surface area contributed by atoms with Crippen molar-refractivity contribution in [3.05, 3.63) is 72.3 Å². The summed E-state index contributed by atoms with van der Waals surface area (Å²) in [5.74, 6) is -0.126. The summed E-state index contributed by atoms with van der Waals surface area (Å²) in [5.41, 5.74) is 4.16. The highest BCUT2D eigenvalue weighted by Gasteiger charge is 2.17. The number of aromatic amines is 1. The van der Waals surface area contributed by atoms with E-state index in [1.807, 2.05) is 43.5 Å².